The van der Waals surface area contributed by atoms with Gasteiger partial charge in [0.25, 0.3) is 0 Å². The van der Waals surface area contributed by atoms with Crippen LogP contribution in [0.5, 0.6) is 0 Å². The number of hydrogen-bond acceptors (Lipinski definition) is 4. The molecule has 4 nitrogen and oxygen atoms in total. The molecule has 2 aromatic rings. The van der Waals surface area contributed by atoms with Crippen molar-refractivity contribution in [2.24, 2.45) is 0 Å². The number of para-hydroxylation sites is 1. The molecule has 0 saturated heterocycles. The van der Waals surface area contributed by atoms with Crippen LogP contribution in [0.2, 0.25) is 0 Å². The van der Waals surface area contributed by atoms with Crippen LogP contribution in [0.3, 0.4) is 0 Å². The first-order valence-corrected chi connectivity index (χ1v) is 9.23. The lowest BCUT2D eigenvalue weighted by Crippen LogP contribution is -2.35. The molecule has 0 radical (unpaired) electrons. The van der Waals surface area contributed by atoms with Crippen molar-refractivity contribution < 1.29 is 4.79 Å². The Hall–Kier alpha value is -1.88. The van der Waals surface area contributed by atoms with E-state index in [9.17, 15) is 4.79 Å². The van der Waals surface area contributed by atoms with Crippen molar-refractivity contribution in [2.45, 2.75) is 51.0 Å². The van der Waals surface area contributed by atoms with E-state index in [0.717, 1.165) is 29.4 Å². The molecule has 1 aromatic heterocycles. The summed E-state index contributed by atoms with van der Waals surface area (Å²) in [5.41, 5.74) is 1.84. The lowest BCUT2D eigenvalue weighted by Gasteiger charge is -2.15. The molecule has 1 aliphatic rings. The standard InChI is InChI=1S/C18H23N3OS/c22-17(19-14-8-4-1-2-5-9-14)12-16-13-23-18(21-16)20-15-10-6-3-7-11-15/h3,6-7,10-11,13-14H,1-2,4-5,8-9,12H2,(H,19,22)(H,20,21). The van der Waals surface area contributed by atoms with Crippen LogP contribution in [0, 0.1) is 0 Å². The normalized spacial score (nSPS) is 15.8. The van der Waals surface area contributed by atoms with Crippen molar-refractivity contribution in [1.29, 1.82) is 0 Å². The molecule has 0 spiro atoms. The van der Waals surface area contributed by atoms with E-state index >= 15 is 0 Å². The molecular weight excluding hydrogens is 306 g/mol. The van der Waals surface area contributed by atoms with E-state index in [0.29, 0.717) is 12.5 Å². The van der Waals surface area contributed by atoms with Gasteiger partial charge in [-0.15, -0.1) is 11.3 Å². The molecule has 3 rings (SSSR count). The summed E-state index contributed by atoms with van der Waals surface area (Å²) in [6, 6.07) is 10.3. The second kappa shape index (κ2) is 8.11. The first-order chi connectivity index (χ1) is 11.3. The monoisotopic (exact) mass is 329 g/mol. The topological polar surface area (TPSA) is 54.0 Å². The Bertz CT molecular complexity index is 618. The van der Waals surface area contributed by atoms with Crippen molar-refractivity contribution in [2.75, 3.05) is 5.32 Å². The lowest BCUT2D eigenvalue weighted by molar-refractivity contribution is -0.121. The van der Waals surface area contributed by atoms with Gasteiger partial charge in [0, 0.05) is 17.1 Å². The third-order valence-corrected chi connectivity index (χ3v) is 4.95. The van der Waals surface area contributed by atoms with Crippen LogP contribution in [0.15, 0.2) is 35.7 Å². The van der Waals surface area contributed by atoms with Crippen LogP contribution < -0.4 is 10.6 Å². The van der Waals surface area contributed by atoms with Crippen LogP contribution >= 0.6 is 11.3 Å². The predicted octanol–water partition coefficient (Wildman–Crippen LogP) is 4.27. The SMILES string of the molecule is O=C(Cc1csc(Nc2ccccc2)n1)NC1CCCCCC1. The Morgan fingerprint density at radius 2 is 1.87 bits per heavy atom. The smallest absolute Gasteiger partial charge is 0.226 e. The van der Waals surface area contributed by atoms with Gasteiger partial charge in [0.1, 0.15) is 0 Å². The molecule has 1 fully saturated rings. The zero-order valence-electron chi connectivity index (χ0n) is 13.3. The average Bonchev–Trinajstić information content (AvgIpc) is 2.82. The highest BCUT2D eigenvalue weighted by atomic mass is 32.1. The molecule has 1 saturated carbocycles. The number of anilines is 2. The lowest BCUT2D eigenvalue weighted by atomic mass is 10.1. The number of carbonyl (C=O) groups excluding carboxylic acids is 1. The Labute approximate surface area is 141 Å². The van der Waals surface area contributed by atoms with E-state index in [1.807, 2.05) is 35.7 Å². The highest BCUT2D eigenvalue weighted by molar-refractivity contribution is 7.13. The van der Waals surface area contributed by atoms with E-state index in [4.69, 9.17) is 0 Å². The Kier molecular flexibility index (Phi) is 5.64. The van der Waals surface area contributed by atoms with Gasteiger partial charge in [-0.3, -0.25) is 4.79 Å². The number of thiazole rings is 1. The predicted molar refractivity (Wildman–Crippen MR) is 95.2 cm³/mol. The quantitative estimate of drug-likeness (QED) is 0.806. The second-order valence-electron chi connectivity index (χ2n) is 6.07. The summed E-state index contributed by atoms with van der Waals surface area (Å²) >= 11 is 1.53. The van der Waals surface area contributed by atoms with Gasteiger partial charge in [-0.2, -0.15) is 0 Å². The number of nitrogens with one attached hydrogen (secondary N) is 2. The number of hydrogen-bond donors (Lipinski definition) is 2. The van der Waals surface area contributed by atoms with Crippen molar-refractivity contribution in [3.05, 3.63) is 41.4 Å². The first kappa shape index (κ1) is 16.0. The number of carbonyl (C=O) groups is 1. The molecular formula is C18H23N3OS. The third kappa shape index (κ3) is 5.06. The fraction of sp³-hybridized carbons (Fsp3) is 0.444. The largest absolute Gasteiger partial charge is 0.353 e. The van der Waals surface area contributed by atoms with Gasteiger partial charge in [-0.25, -0.2) is 4.98 Å². The Morgan fingerprint density at radius 1 is 1.13 bits per heavy atom. The summed E-state index contributed by atoms with van der Waals surface area (Å²) < 4.78 is 0. The number of nitrogens with zero attached hydrogens (tertiary/aromatic N) is 1. The summed E-state index contributed by atoms with van der Waals surface area (Å²) in [7, 11) is 0. The second-order valence-corrected chi connectivity index (χ2v) is 6.93. The summed E-state index contributed by atoms with van der Waals surface area (Å²) in [6.45, 7) is 0. The first-order valence-electron chi connectivity index (χ1n) is 8.35. The molecule has 5 heteroatoms. The molecule has 1 heterocycles. The van der Waals surface area contributed by atoms with E-state index in [-0.39, 0.29) is 5.91 Å². The molecule has 1 aromatic carbocycles. The van der Waals surface area contributed by atoms with E-state index in [1.54, 1.807) is 0 Å². The van der Waals surface area contributed by atoms with Gasteiger partial charge in [0.05, 0.1) is 12.1 Å². The summed E-state index contributed by atoms with van der Waals surface area (Å²) in [4.78, 5) is 16.7. The van der Waals surface area contributed by atoms with E-state index in [1.165, 1.54) is 37.0 Å². The maximum atomic E-state index is 12.2. The highest BCUT2D eigenvalue weighted by Crippen LogP contribution is 2.21. The number of benzene rings is 1. The zero-order valence-corrected chi connectivity index (χ0v) is 14.1. The number of rotatable bonds is 5. The van der Waals surface area contributed by atoms with Crippen molar-refractivity contribution in [3.8, 4) is 0 Å². The van der Waals surface area contributed by atoms with Gasteiger partial charge < -0.3 is 10.6 Å². The van der Waals surface area contributed by atoms with E-state index in [2.05, 4.69) is 15.6 Å². The number of aromatic nitrogens is 1. The highest BCUT2D eigenvalue weighted by Gasteiger charge is 2.15. The maximum Gasteiger partial charge on any atom is 0.226 e. The van der Waals surface area contributed by atoms with Crippen LogP contribution in [0.4, 0.5) is 10.8 Å². The summed E-state index contributed by atoms with van der Waals surface area (Å²) in [6.07, 6.45) is 7.65. The Morgan fingerprint density at radius 3 is 2.61 bits per heavy atom. The van der Waals surface area contributed by atoms with Crippen LogP contribution in [-0.4, -0.2) is 16.9 Å². The fourth-order valence-electron chi connectivity index (χ4n) is 2.96. The molecule has 1 amide bonds. The average molecular weight is 329 g/mol. The van der Waals surface area contributed by atoms with Gasteiger partial charge >= 0.3 is 0 Å². The maximum absolute atomic E-state index is 12.2. The molecule has 2 N–H and O–H groups in total. The molecule has 122 valence electrons. The molecule has 23 heavy (non-hydrogen) atoms. The van der Waals surface area contributed by atoms with Crippen molar-refractivity contribution in [3.63, 3.8) is 0 Å². The van der Waals surface area contributed by atoms with Gasteiger partial charge in [0.15, 0.2) is 5.13 Å². The van der Waals surface area contributed by atoms with Gasteiger partial charge in [-0.05, 0) is 25.0 Å². The minimum absolute atomic E-state index is 0.0912. The number of amides is 1. The molecule has 0 bridgehead atoms. The minimum Gasteiger partial charge on any atom is -0.353 e. The van der Waals surface area contributed by atoms with Crippen molar-refractivity contribution in [1.82, 2.24) is 10.3 Å². The Balaban J connectivity index is 1.51. The third-order valence-electron chi connectivity index (χ3n) is 4.14. The van der Waals surface area contributed by atoms with E-state index < -0.39 is 0 Å². The minimum atomic E-state index is 0.0912. The van der Waals surface area contributed by atoms with Crippen LogP contribution in [0.1, 0.15) is 44.2 Å². The zero-order chi connectivity index (χ0) is 15.9. The summed E-state index contributed by atoms with van der Waals surface area (Å²) in [5.74, 6) is 0.0912. The van der Waals surface area contributed by atoms with Gasteiger partial charge in [-0.1, -0.05) is 43.9 Å². The van der Waals surface area contributed by atoms with Gasteiger partial charge in [0.2, 0.25) is 5.91 Å². The molecule has 1 aliphatic carbocycles. The molecule has 0 atom stereocenters. The van der Waals surface area contributed by atoms with Crippen LogP contribution in [0.25, 0.3) is 0 Å². The molecule has 0 unspecified atom stereocenters. The summed E-state index contributed by atoms with van der Waals surface area (Å²) in [5, 5.41) is 9.22. The van der Waals surface area contributed by atoms with Crippen molar-refractivity contribution >= 4 is 28.1 Å². The molecule has 0 aliphatic heterocycles. The fourth-order valence-corrected chi connectivity index (χ4v) is 3.69. The van der Waals surface area contributed by atoms with Crippen LogP contribution in [-0.2, 0) is 11.2 Å².